The largest absolute Gasteiger partial charge is 0.479 e. The van der Waals surface area contributed by atoms with Crippen molar-refractivity contribution in [2.45, 2.75) is 52.7 Å². The number of morpholine rings is 1. The van der Waals surface area contributed by atoms with Gasteiger partial charge in [-0.2, -0.15) is 0 Å². The minimum Gasteiger partial charge on any atom is -0.479 e. The summed E-state index contributed by atoms with van der Waals surface area (Å²) in [6.07, 6.45) is 0.897. The molecule has 1 rings (SSSR count). The van der Waals surface area contributed by atoms with E-state index in [1.165, 1.54) is 0 Å². The zero-order valence-corrected chi connectivity index (χ0v) is 13.5. The van der Waals surface area contributed by atoms with Crippen LogP contribution >= 0.6 is 0 Å². The average molecular weight is 300 g/mol. The fraction of sp³-hybridized carbons (Fsp3) is 0.867. The van der Waals surface area contributed by atoms with Crippen molar-refractivity contribution in [2.75, 3.05) is 26.2 Å². The highest BCUT2D eigenvalue weighted by atomic mass is 16.5. The molecule has 1 N–H and O–H groups in total. The molecule has 0 aromatic rings. The Morgan fingerprint density at radius 2 is 1.95 bits per heavy atom. The average Bonchev–Trinajstić information content (AvgIpc) is 2.46. The molecule has 1 saturated heterocycles. The number of ether oxygens (including phenoxy) is 1. The number of carbonyl (C=O) groups excluding carboxylic acids is 1. The van der Waals surface area contributed by atoms with Gasteiger partial charge in [0.25, 0.3) is 0 Å². The highest BCUT2D eigenvalue weighted by molar-refractivity contribution is 5.77. The molecule has 6 heteroatoms. The minimum atomic E-state index is -1.01. The van der Waals surface area contributed by atoms with Crippen molar-refractivity contribution in [2.24, 2.45) is 5.92 Å². The third-order valence-corrected chi connectivity index (χ3v) is 3.80. The fourth-order valence-electron chi connectivity index (χ4n) is 2.66. The molecule has 1 atom stereocenters. The number of amides is 2. The second-order valence-electron chi connectivity index (χ2n) is 5.94. The Morgan fingerprint density at radius 3 is 2.43 bits per heavy atom. The van der Waals surface area contributed by atoms with E-state index in [0.29, 0.717) is 19.0 Å². The molecule has 1 aliphatic rings. The van der Waals surface area contributed by atoms with E-state index < -0.39 is 12.1 Å². The van der Waals surface area contributed by atoms with Gasteiger partial charge in [-0.15, -0.1) is 0 Å². The molecule has 1 unspecified atom stereocenters. The molecule has 0 aromatic carbocycles. The smallest absolute Gasteiger partial charge is 0.334 e. The van der Waals surface area contributed by atoms with Gasteiger partial charge in [-0.05, 0) is 18.8 Å². The third-order valence-electron chi connectivity index (χ3n) is 3.80. The summed E-state index contributed by atoms with van der Waals surface area (Å²) in [6, 6.07) is 0.137. The molecule has 2 amide bonds. The fourth-order valence-corrected chi connectivity index (χ4v) is 2.66. The molecule has 0 aromatic heterocycles. The maximum atomic E-state index is 12.8. The van der Waals surface area contributed by atoms with Gasteiger partial charge in [0.2, 0.25) is 0 Å². The van der Waals surface area contributed by atoms with Crippen LogP contribution in [0.15, 0.2) is 0 Å². The van der Waals surface area contributed by atoms with Crippen molar-refractivity contribution >= 4 is 12.0 Å². The molecule has 0 bridgehead atoms. The zero-order valence-electron chi connectivity index (χ0n) is 13.5. The van der Waals surface area contributed by atoms with Crippen molar-refractivity contribution in [1.82, 2.24) is 9.80 Å². The van der Waals surface area contributed by atoms with E-state index in [2.05, 4.69) is 27.7 Å². The standard InChI is InChI=1S/C15H28N2O4/c1-5-12(6-2)17(9-11(3)4)15(20)16-7-8-21-13(10-16)14(18)19/h11-13H,5-10H2,1-4H3,(H,18,19). The number of carboxylic acid groups (broad SMARTS) is 1. The lowest BCUT2D eigenvalue weighted by molar-refractivity contribution is -0.154. The van der Waals surface area contributed by atoms with Crippen molar-refractivity contribution in [3.05, 3.63) is 0 Å². The van der Waals surface area contributed by atoms with Crippen LogP contribution in [0.25, 0.3) is 0 Å². The van der Waals surface area contributed by atoms with Crippen molar-refractivity contribution < 1.29 is 19.4 Å². The number of urea groups is 1. The van der Waals surface area contributed by atoms with E-state index >= 15 is 0 Å². The van der Waals surface area contributed by atoms with Crippen LogP contribution in [0.3, 0.4) is 0 Å². The van der Waals surface area contributed by atoms with Gasteiger partial charge in [0.05, 0.1) is 13.2 Å². The number of nitrogens with zero attached hydrogens (tertiary/aromatic N) is 2. The molecule has 1 heterocycles. The first-order chi connectivity index (χ1) is 9.90. The summed E-state index contributed by atoms with van der Waals surface area (Å²) >= 11 is 0. The highest BCUT2D eigenvalue weighted by Crippen LogP contribution is 2.16. The summed E-state index contributed by atoms with van der Waals surface area (Å²) in [7, 11) is 0. The van der Waals surface area contributed by atoms with Crippen molar-refractivity contribution in [1.29, 1.82) is 0 Å². The van der Waals surface area contributed by atoms with Crippen LogP contribution in [0.4, 0.5) is 4.79 Å². The normalized spacial score (nSPS) is 19.1. The van der Waals surface area contributed by atoms with E-state index in [1.54, 1.807) is 4.90 Å². The van der Waals surface area contributed by atoms with Gasteiger partial charge >= 0.3 is 12.0 Å². The van der Waals surface area contributed by atoms with Crippen LogP contribution in [0.2, 0.25) is 0 Å². The van der Waals surface area contributed by atoms with Gasteiger partial charge < -0.3 is 19.6 Å². The van der Waals surface area contributed by atoms with E-state index in [-0.39, 0.29) is 25.2 Å². The van der Waals surface area contributed by atoms with E-state index in [0.717, 1.165) is 12.8 Å². The topological polar surface area (TPSA) is 70.1 Å². The first-order valence-corrected chi connectivity index (χ1v) is 7.80. The lowest BCUT2D eigenvalue weighted by atomic mass is 10.1. The number of aliphatic carboxylic acids is 1. The first-order valence-electron chi connectivity index (χ1n) is 7.80. The predicted molar refractivity (Wildman–Crippen MR) is 80.3 cm³/mol. The molecule has 6 nitrogen and oxygen atoms in total. The first kappa shape index (κ1) is 17.8. The third kappa shape index (κ3) is 4.88. The summed E-state index contributed by atoms with van der Waals surface area (Å²) < 4.78 is 5.18. The second-order valence-corrected chi connectivity index (χ2v) is 5.94. The maximum Gasteiger partial charge on any atom is 0.334 e. The number of hydrogen-bond donors (Lipinski definition) is 1. The summed E-state index contributed by atoms with van der Waals surface area (Å²) in [5.74, 6) is -0.628. The Labute approximate surface area is 127 Å². The Morgan fingerprint density at radius 1 is 1.33 bits per heavy atom. The van der Waals surface area contributed by atoms with Crippen LogP contribution in [0.1, 0.15) is 40.5 Å². The molecule has 1 fully saturated rings. The van der Waals surface area contributed by atoms with Crippen LogP contribution < -0.4 is 0 Å². The van der Waals surface area contributed by atoms with Gasteiger partial charge in [0.15, 0.2) is 6.10 Å². The summed E-state index contributed by atoms with van der Waals surface area (Å²) in [6.45, 7) is 9.88. The molecule has 21 heavy (non-hydrogen) atoms. The second kappa shape index (κ2) is 8.22. The van der Waals surface area contributed by atoms with Gasteiger partial charge in [-0.3, -0.25) is 0 Å². The van der Waals surface area contributed by atoms with Crippen molar-refractivity contribution in [3.63, 3.8) is 0 Å². The number of carboxylic acids is 1. The van der Waals surface area contributed by atoms with Gasteiger partial charge in [-0.25, -0.2) is 9.59 Å². The lowest BCUT2D eigenvalue weighted by Crippen LogP contribution is -2.55. The van der Waals surface area contributed by atoms with Crippen molar-refractivity contribution in [3.8, 4) is 0 Å². The Balaban J connectivity index is 2.81. The SMILES string of the molecule is CCC(CC)N(CC(C)C)C(=O)N1CCOC(C(=O)O)C1. The number of carbonyl (C=O) groups is 2. The Bertz CT molecular complexity index is 356. The van der Waals surface area contributed by atoms with Crippen LogP contribution in [0, 0.1) is 5.92 Å². The molecule has 0 radical (unpaired) electrons. The summed E-state index contributed by atoms with van der Waals surface area (Å²) in [5.41, 5.74) is 0. The monoisotopic (exact) mass is 300 g/mol. The molecular formula is C15H28N2O4. The maximum absolute atomic E-state index is 12.8. The molecule has 0 spiro atoms. The molecule has 0 aliphatic carbocycles. The van der Waals surface area contributed by atoms with E-state index in [1.807, 2.05) is 4.90 Å². The summed E-state index contributed by atoms with van der Waals surface area (Å²) in [4.78, 5) is 27.3. The summed E-state index contributed by atoms with van der Waals surface area (Å²) in [5, 5.41) is 9.05. The lowest BCUT2D eigenvalue weighted by Gasteiger charge is -2.39. The number of hydrogen-bond acceptors (Lipinski definition) is 3. The Hall–Kier alpha value is -1.30. The highest BCUT2D eigenvalue weighted by Gasteiger charge is 2.33. The van der Waals surface area contributed by atoms with E-state index in [4.69, 9.17) is 9.84 Å². The van der Waals surface area contributed by atoms with E-state index in [9.17, 15) is 9.59 Å². The molecule has 1 aliphatic heterocycles. The van der Waals surface area contributed by atoms with Crippen LogP contribution in [0.5, 0.6) is 0 Å². The van der Waals surface area contributed by atoms with Gasteiger partial charge in [-0.1, -0.05) is 27.7 Å². The minimum absolute atomic E-state index is 0.0630. The molecule has 122 valence electrons. The number of rotatable bonds is 6. The Kier molecular flexibility index (Phi) is 6.95. The zero-order chi connectivity index (χ0) is 16.0. The van der Waals surface area contributed by atoms with Crippen LogP contribution in [-0.4, -0.2) is 65.3 Å². The van der Waals surface area contributed by atoms with Crippen LogP contribution in [-0.2, 0) is 9.53 Å². The van der Waals surface area contributed by atoms with Gasteiger partial charge in [0, 0.05) is 19.1 Å². The predicted octanol–water partition coefficient (Wildman–Crippen LogP) is 2.04. The molecule has 0 saturated carbocycles. The molecular weight excluding hydrogens is 272 g/mol. The van der Waals surface area contributed by atoms with Gasteiger partial charge in [0.1, 0.15) is 0 Å². The quantitative estimate of drug-likeness (QED) is 0.815.